The van der Waals surface area contributed by atoms with E-state index in [1.54, 1.807) is 31.1 Å². The van der Waals surface area contributed by atoms with E-state index >= 15 is 0 Å². The van der Waals surface area contributed by atoms with Gasteiger partial charge in [0.15, 0.2) is 5.82 Å². The van der Waals surface area contributed by atoms with Crippen molar-refractivity contribution in [2.75, 3.05) is 7.11 Å². The Morgan fingerprint density at radius 2 is 2.22 bits per heavy atom. The monoisotopic (exact) mass is 244 g/mol. The van der Waals surface area contributed by atoms with Crippen molar-refractivity contribution in [3.63, 3.8) is 0 Å². The fraction of sp³-hybridized carbons (Fsp3) is 0.286. The first-order valence-electron chi connectivity index (χ1n) is 5.86. The summed E-state index contributed by atoms with van der Waals surface area (Å²) < 4.78 is 6.95. The van der Waals surface area contributed by atoms with E-state index in [0.29, 0.717) is 17.1 Å². The summed E-state index contributed by atoms with van der Waals surface area (Å²) >= 11 is 0. The van der Waals surface area contributed by atoms with E-state index in [9.17, 15) is 4.79 Å². The van der Waals surface area contributed by atoms with E-state index in [-0.39, 0.29) is 5.78 Å². The molecule has 4 nitrogen and oxygen atoms in total. The van der Waals surface area contributed by atoms with Crippen LogP contribution >= 0.6 is 0 Å². The van der Waals surface area contributed by atoms with Crippen LogP contribution in [0, 0.1) is 0 Å². The minimum Gasteiger partial charge on any atom is -0.496 e. The van der Waals surface area contributed by atoms with E-state index in [0.717, 1.165) is 12.0 Å². The third-order valence-corrected chi connectivity index (χ3v) is 2.94. The maximum Gasteiger partial charge on any atom is 0.232 e. The molecule has 0 aliphatic rings. The second kappa shape index (κ2) is 5.04. The van der Waals surface area contributed by atoms with Gasteiger partial charge in [0.1, 0.15) is 5.75 Å². The standard InChI is InChI=1S/C14H16N2O2/c1-4-10-5-6-12(18-3)11(9-10)13(17)14-15-7-8-16(14)2/h5-9H,4H2,1-3H3. The molecule has 0 fully saturated rings. The van der Waals surface area contributed by atoms with Crippen molar-refractivity contribution < 1.29 is 9.53 Å². The number of hydrogen-bond donors (Lipinski definition) is 0. The number of methoxy groups -OCH3 is 1. The summed E-state index contributed by atoms with van der Waals surface area (Å²) in [5.41, 5.74) is 1.67. The quantitative estimate of drug-likeness (QED) is 0.775. The lowest BCUT2D eigenvalue weighted by Gasteiger charge is -2.09. The number of benzene rings is 1. The van der Waals surface area contributed by atoms with Crippen LogP contribution in [0.3, 0.4) is 0 Å². The highest BCUT2D eigenvalue weighted by molar-refractivity contribution is 6.08. The van der Waals surface area contributed by atoms with Crippen molar-refractivity contribution in [2.24, 2.45) is 7.05 Å². The average molecular weight is 244 g/mol. The van der Waals surface area contributed by atoms with Gasteiger partial charge in [-0.15, -0.1) is 0 Å². The molecule has 0 saturated heterocycles. The van der Waals surface area contributed by atoms with Crippen LogP contribution in [0.1, 0.15) is 28.7 Å². The van der Waals surface area contributed by atoms with Gasteiger partial charge < -0.3 is 9.30 Å². The van der Waals surface area contributed by atoms with Crippen molar-refractivity contribution in [2.45, 2.75) is 13.3 Å². The van der Waals surface area contributed by atoms with Gasteiger partial charge in [0.25, 0.3) is 0 Å². The maximum atomic E-state index is 12.4. The summed E-state index contributed by atoms with van der Waals surface area (Å²) in [6.07, 6.45) is 4.25. The molecule has 1 aromatic heterocycles. The van der Waals surface area contributed by atoms with E-state index in [1.807, 2.05) is 18.2 Å². The van der Waals surface area contributed by atoms with Crippen molar-refractivity contribution in [3.8, 4) is 5.75 Å². The van der Waals surface area contributed by atoms with Crippen LogP contribution < -0.4 is 4.74 Å². The smallest absolute Gasteiger partial charge is 0.232 e. The summed E-state index contributed by atoms with van der Waals surface area (Å²) in [7, 11) is 3.37. The van der Waals surface area contributed by atoms with Crippen molar-refractivity contribution in [1.29, 1.82) is 0 Å². The minimum atomic E-state index is -0.116. The molecule has 0 aliphatic heterocycles. The molecule has 0 bridgehead atoms. The highest BCUT2D eigenvalue weighted by Crippen LogP contribution is 2.22. The third-order valence-electron chi connectivity index (χ3n) is 2.94. The van der Waals surface area contributed by atoms with Crippen LogP contribution in [0.25, 0.3) is 0 Å². The van der Waals surface area contributed by atoms with Gasteiger partial charge in [-0.05, 0) is 24.1 Å². The van der Waals surface area contributed by atoms with Crippen molar-refractivity contribution >= 4 is 5.78 Å². The summed E-state index contributed by atoms with van der Waals surface area (Å²) in [6.45, 7) is 2.05. The normalized spacial score (nSPS) is 10.4. The van der Waals surface area contributed by atoms with Crippen molar-refractivity contribution in [1.82, 2.24) is 9.55 Å². The van der Waals surface area contributed by atoms with E-state index in [1.165, 1.54) is 0 Å². The molecule has 0 N–H and O–H groups in total. The van der Waals surface area contributed by atoms with E-state index < -0.39 is 0 Å². The Morgan fingerprint density at radius 3 is 2.78 bits per heavy atom. The topological polar surface area (TPSA) is 44.1 Å². The molecule has 0 atom stereocenters. The molecule has 0 spiro atoms. The number of carbonyl (C=O) groups is 1. The number of imidazole rings is 1. The first-order chi connectivity index (χ1) is 8.67. The number of ketones is 1. The summed E-state index contributed by atoms with van der Waals surface area (Å²) in [5, 5.41) is 0. The molecule has 1 aromatic carbocycles. The molecule has 94 valence electrons. The lowest BCUT2D eigenvalue weighted by atomic mass is 10.0. The molecule has 4 heteroatoms. The zero-order valence-corrected chi connectivity index (χ0v) is 10.8. The second-order valence-corrected chi connectivity index (χ2v) is 4.08. The molecule has 0 amide bonds. The molecular formula is C14H16N2O2. The summed E-state index contributed by atoms with van der Waals surface area (Å²) in [6, 6.07) is 5.67. The van der Waals surface area contributed by atoms with Gasteiger partial charge in [0.2, 0.25) is 5.78 Å². The van der Waals surface area contributed by atoms with Crippen molar-refractivity contribution in [3.05, 3.63) is 47.5 Å². The van der Waals surface area contributed by atoms with Gasteiger partial charge in [-0.2, -0.15) is 0 Å². The predicted molar refractivity (Wildman–Crippen MR) is 69.0 cm³/mol. The SMILES string of the molecule is CCc1ccc(OC)c(C(=O)c2nccn2C)c1. The maximum absolute atomic E-state index is 12.4. The lowest BCUT2D eigenvalue weighted by Crippen LogP contribution is -2.10. The molecule has 18 heavy (non-hydrogen) atoms. The molecule has 2 aromatic rings. The molecular weight excluding hydrogens is 228 g/mol. The van der Waals surface area contributed by atoms with Gasteiger partial charge >= 0.3 is 0 Å². The number of aromatic nitrogens is 2. The Bertz CT molecular complexity index is 573. The van der Waals surface area contributed by atoms with E-state index in [2.05, 4.69) is 11.9 Å². The largest absolute Gasteiger partial charge is 0.496 e. The zero-order chi connectivity index (χ0) is 13.1. The molecule has 0 aliphatic carbocycles. The Kier molecular flexibility index (Phi) is 3.46. The molecule has 2 rings (SSSR count). The fourth-order valence-electron chi connectivity index (χ4n) is 1.86. The summed E-state index contributed by atoms with van der Waals surface area (Å²) in [5.74, 6) is 0.886. The summed E-state index contributed by atoms with van der Waals surface area (Å²) in [4.78, 5) is 16.5. The zero-order valence-electron chi connectivity index (χ0n) is 10.8. The van der Waals surface area contributed by atoms with E-state index in [4.69, 9.17) is 4.74 Å². The number of hydrogen-bond acceptors (Lipinski definition) is 3. The second-order valence-electron chi connectivity index (χ2n) is 4.08. The molecule has 0 saturated carbocycles. The first kappa shape index (κ1) is 12.4. The van der Waals surface area contributed by atoms with Crippen LogP contribution in [-0.2, 0) is 13.5 Å². The highest BCUT2D eigenvalue weighted by atomic mass is 16.5. The van der Waals surface area contributed by atoms with Crippen LogP contribution in [0.4, 0.5) is 0 Å². The number of nitrogens with zero attached hydrogens (tertiary/aromatic N) is 2. The van der Waals surface area contributed by atoms with Gasteiger partial charge in [-0.25, -0.2) is 4.98 Å². The molecule has 0 unspecified atom stereocenters. The van der Waals surface area contributed by atoms with Gasteiger partial charge in [0, 0.05) is 19.4 Å². The van der Waals surface area contributed by atoms with Crippen LogP contribution in [0.2, 0.25) is 0 Å². The highest BCUT2D eigenvalue weighted by Gasteiger charge is 2.18. The number of rotatable bonds is 4. The van der Waals surface area contributed by atoms with Crippen LogP contribution in [-0.4, -0.2) is 22.4 Å². The first-order valence-corrected chi connectivity index (χ1v) is 5.86. The fourth-order valence-corrected chi connectivity index (χ4v) is 1.86. The predicted octanol–water partition coefficient (Wildman–Crippen LogP) is 2.22. The Balaban J connectivity index is 2.49. The van der Waals surface area contributed by atoms with Gasteiger partial charge in [-0.3, -0.25) is 4.79 Å². The average Bonchev–Trinajstić information content (AvgIpc) is 2.83. The van der Waals surface area contributed by atoms with Gasteiger partial charge in [0.05, 0.1) is 12.7 Å². The number of carbonyl (C=O) groups excluding carboxylic acids is 1. The lowest BCUT2D eigenvalue weighted by molar-refractivity contribution is 0.102. The Labute approximate surface area is 106 Å². The number of aryl methyl sites for hydroxylation is 2. The van der Waals surface area contributed by atoms with Crippen LogP contribution in [0.5, 0.6) is 5.75 Å². The van der Waals surface area contributed by atoms with Gasteiger partial charge in [-0.1, -0.05) is 13.0 Å². The molecule has 1 heterocycles. The minimum absolute atomic E-state index is 0.116. The Hall–Kier alpha value is -2.10. The Morgan fingerprint density at radius 1 is 1.44 bits per heavy atom. The third kappa shape index (κ3) is 2.14. The number of ether oxygens (including phenoxy) is 1. The molecule has 0 radical (unpaired) electrons. The van der Waals surface area contributed by atoms with Crippen LogP contribution in [0.15, 0.2) is 30.6 Å².